The van der Waals surface area contributed by atoms with Crippen molar-refractivity contribution in [1.82, 2.24) is 9.97 Å². The molecule has 0 radical (unpaired) electrons. The van der Waals surface area contributed by atoms with Gasteiger partial charge in [0.25, 0.3) is 0 Å². The second-order valence-electron chi connectivity index (χ2n) is 5.94. The fraction of sp³-hybridized carbons (Fsp3) is 0.444. The van der Waals surface area contributed by atoms with E-state index in [4.69, 9.17) is 4.74 Å². The van der Waals surface area contributed by atoms with Crippen molar-refractivity contribution in [2.24, 2.45) is 0 Å². The van der Waals surface area contributed by atoms with Gasteiger partial charge in [0, 0.05) is 31.4 Å². The lowest BCUT2D eigenvalue weighted by molar-refractivity contribution is 0.414. The molecule has 1 saturated heterocycles. The van der Waals surface area contributed by atoms with Crippen molar-refractivity contribution in [3.05, 3.63) is 41.6 Å². The highest BCUT2D eigenvalue weighted by atomic mass is 16.5. The maximum Gasteiger partial charge on any atom is 0.225 e. The molecule has 1 aromatic carbocycles. The molecule has 3 rings (SSSR count). The van der Waals surface area contributed by atoms with Crippen LogP contribution in [0.2, 0.25) is 0 Å². The fourth-order valence-electron chi connectivity index (χ4n) is 2.84. The number of aromatic nitrogens is 2. The SMILES string of the molecule is COc1ccc(CNc2nc(C)cc(N3CCCCC3)n2)cc1. The van der Waals surface area contributed by atoms with Crippen molar-refractivity contribution >= 4 is 11.8 Å². The van der Waals surface area contributed by atoms with Crippen LogP contribution in [0.15, 0.2) is 30.3 Å². The first-order valence-corrected chi connectivity index (χ1v) is 8.22. The number of anilines is 2. The number of piperidine rings is 1. The van der Waals surface area contributed by atoms with Crippen LogP contribution in [0.3, 0.4) is 0 Å². The van der Waals surface area contributed by atoms with Gasteiger partial charge in [-0.15, -0.1) is 0 Å². The molecular formula is C18H24N4O. The van der Waals surface area contributed by atoms with Gasteiger partial charge in [0.05, 0.1) is 7.11 Å². The van der Waals surface area contributed by atoms with Gasteiger partial charge in [0.1, 0.15) is 11.6 Å². The Morgan fingerprint density at radius 3 is 2.52 bits per heavy atom. The van der Waals surface area contributed by atoms with Crippen molar-refractivity contribution in [3.8, 4) is 5.75 Å². The van der Waals surface area contributed by atoms with Gasteiger partial charge < -0.3 is 15.0 Å². The Bertz CT molecular complexity index is 636. The first-order valence-electron chi connectivity index (χ1n) is 8.22. The molecule has 1 N–H and O–H groups in total. The average Bonchev–Trinajstić information content (AvgIpc) is 2.61. The fourth-order valence-corrected chi connectivity index (χ4v) is 2.84. The summed E-state index contributed by atoms with van der Waals surface area (Å²) in [5.74, 6) is 2.60. The molecular weight excluding hydrogens is 288 g/mol. The summed E-state index contributed by atoms with van der Waals surface area (Å²) < 4.78 is 5.18. The van der Waals surface area contributed by atoms with E-state index in [2.05, 4.69) is 26.3 Å². The number of aryl methyl sites for hydroxylation is 1. The van der Waals surface area contributed by atoms with Crippen LogP contribution in [-0.4, -0.2) is 30.2 Å². The molecule has 23 heavy (non-hydrogen) atoms. The maximum absolute atomic E-state index is 5.18. The van der Waals surface area contributed by atoms with Crippen molar-refractivity contribution in [2.45, 2.75) is 32.7 Å². The quantitative estimate of drug-likeness (QED) is 0.917. The molecule has 0 spiro atoms. The number of hydrogen-bond donors (Lipinski definition) is 1. The van der Waals surface area contributed by atoms with Gasteiger partial charge in [-0.2, -0.15) is 4.98 Å². The zero-order valence-electron chi connectivity index (χ0n) is 13.9. The number of ether oxygens (including phenoxy) is 1. The normalized spacial score (nSPS) is 14.6. The van der Waals surface area contributed by atoms with E-state index in [-0.39, 0.29) is 0 Å². The van der Waals surface area contributed by atoms with E-state index in [0.717, 1.165) is 30.4 Å². The summed E-state index contributed by atoms with van der Waals surface area (Å²) in [6.07, 6.45) is 3.82. The van der Waals surface area contributed by atoms with E-state index in [0.29, 0.717) is 12.5 Å². The second-order valence-corrected chi connectivity index (χ2v) is 5.94. The number of nitrogens with zero attached hydrogens (tertiary/aromatic N) is 3. The Balaban J connectivity index is 1.68. The van der Waals surface area contributed by atoms with Crippen molar-refractivity contribution < 1.29 is 4.74 Å². The third kappa shape index (κ3) is 4.12. The number of methoxy groups -OCH3 is 1. The summed E-state index contributed by atoms with van der Waals surface area (Å²) in [5, 5.41) is 3.33. The van der Waals surface area contributed by atoms with Crippen molar-refractivity contribution in [2.75, 3.05) is 30.4 Å². The molecule has 0 aliphatic carbocycles. The first kappa shape index (κ1) is 15.6. The smallest absolute Gasteiger partial charge is 0.225 e. The standard InChI is InChI=1S/C18H24N4O/c1-14-12-17(22-10-4-3-5-11-22)21-18(20-14)19-13-15-6-8-16(23-2)9-7-15/h6-9,12H,3-5,10-11,13H2,1-2H3,(H,19,20,21). The van der Waals surface area contributed by atoms with Gasteiger partial charge in [-0.25, -0.2) is 4.98 Å². The van der Waals surface area contributed by atoms with Crippen molar-refractivity contribution in [1.29, 1.82) is 0 Å². The van der Waals surface area contributed by atoms with Crippen LogP contribution in [0.5, 0.6) is 5.75 Å². The minimum absolute atomic E-state index is 0.696. The van der Waals surface area contributed by atoms with E-state index >= 15 is 0 Å². The van der Waals surface area contributed by atoms with E-state index in [1.165, 1.54) is 24.8 Å². The molecule has 1 aliphatic heterocycles. The predicted molar refractivity (Wildman–Crippen MR) is 93.2 cm³/mol. The Labute approximate surface area is 137 Å². The summed E-state index contributed by atoms with van der Waals surface area (Å²) in [5.41, 5.74) is 2.17. The molecule has 122 valence electrons. The van der Waals surface area contributed by atoms with Gasteiger partial charge >= 0.3 is 0 Å². The van der Waals surface area contributed by atoms with E-state index in [9.17, 15) is 0 Å². The van der Waals surface area contributed by atoms with Crippen LogP contribution >= 0.6 is 0 Å². The summed E-state index contributed by atoms with van der Waals surface area (Å²) >= 11 is 0. The molecule has 0 saturated carbocycles. The monoisotopic (exact) mass is 312 g/mol. The molecule has 1 fully saturated rings. The van der Waals surface area contributed by atoms with Gasteiger partial charge in [-0.1, -0.05) is 12.1 Å². The molecule has 5 nitrogen and oxygen atoms in total. The molecule has 1 aliphatic rings. The molecule has 0 unspecified atom stereocenters. The van der Waals surface area contributed by atoms with Gasteiger partial charge in [-0.05, 0) is 43.9 Å². The average molecular weight is 312 g/mol. The lowest BCUT2D eigenvalue weighted by atomic mass is 10.1. The zero-order chi connectivity index (χ0) is 16.1. The van der Waals surface area contributed by atoms with Crippen molar-refractivity contribution in [3.63, 3.8) is 0 Å². The van der Waals surface area contributed by atoms with Crippen LogP contribution < -0.4 is 15.0 Å². The topological polar surface area (TPSA) is 50.3 Å². The van der Waals surface area contributed by atoms with Crippen LogP contribution in [0.4, 0.5) is 11.8 Å². The van der Waals surface area contributed by atoms with E-state index in [1.807, 2.05) is 31.2 Å². The molecule has 0 amide bonds. The highest BCUT2D eigenvalue weighted by Gasteiger charge is 2.13. The summed E-state index contributed by atoms with van der Waals surface area (Å²) in [6.45, 7) is 4.91. The molecule has 1 aromatic heterocycles. The minimum Gasteiger partial charge on any atom is -0.497 e. The summed E-state index contributed by atoms with van der Waals surface area (Å²) in [6, 6.07) is 10.1. The van der Waals surface area contributed by atoms with Crippen LogP contribution in [0.25, 0.3) is 0 Å². The Kier molecular flexibility index (Phi) is 4.95. The van der Waals surface area contributed by atoms with Crippen LogP contribution in [0.1, 0.15) is 30.5 Å². The number of hydrogen-bond acceptors (Lipinski definition) is 5. The Morgan fingerprint density at radius 1 is 1.09 bits per heavy atom. The maximum atomic E-state index is 5.18. The van der Waals surface area contributed by atoms with Crippen LogP contribution in [0, 0.1) is 6.92 Å². The number of nitrogens with one attached hydrogen (secondary N) is 1. The summed E-state index contributed by atoms with van der Waals surface area (Å²) in [4.78, 5) is 11.5. The van der Waals surface area contributed by atoms with Gasteiger partial charge in [0.2, 0.25) is 5.95 Å². The van der Waals surface area contributed by atoms with Gasteiger partial charge in [-0.3, -0.25) is 0 Å². The molecule has 2 heterocycles. The highest BCUT2D eigenvalue weighted by Crippen LogP contribution is 2.20. The number of rotatable bonds is 5. The predicted octanol–water partition coefficient (Wildman–Crippen LogP) is 3.40. The highest BCUT2D eigenvalue weighted by molar-refractivity contribution is 5.45. The van der Waals surface area contributed by atoms with E-state index < -0.39 is 0 Å². The largest absolute Gasteiger partial charge is 0.497 e. The number of benzene rings is 1. The third-order valence-corrected chi connectivity index (χ3v) is 4.13. The van der Waals surface area contributed by atoms with E-state index in [1.54, 1.807) is 7.11 Å². The molecule has 0 atom stereocenters. The second kappa shape index (κ2) is 7.31. The first-order chi connectivity index (χ1) is 11.2. The third-order valence-electron chi connectivity index (χ3n) is 4.13. The minimum atomic E-state index is 0.696. The molecule has 2 aromatic rings. The summed E-state index contributed by atoms with van der Waals surface area (Å²) in [7, 11) is 1.68. The van der Waals surface area contributed by atoms with Crippen LogP contribution in [-0.2, 0) is 6.54 Å². The lowest BCUT2D eigenvalue weighted by Gasteiger charge is -2.28. The van der Waals surface area contributed by atoms with Gasteiger partial charge in [0.15, 0.2) is 0 Å². The zero-order valence-corrected chi connectivity index (χ0v) is 13.9. The molecule has 5 heteroatoms. The Hall–Kier alpha value is -2.30. The molecule has 0 bridgehead atoms. The lowest BCUT2D eigenvalue weighted by Crippen LogP contribution is -2.30. The Morgan fingerprint density at radius 2 is 1.83 bits per heavy atom.